The molecule has 0 aliphatic rings. The average Bonchev–Trinajstić information content (AvgIpc) is 2.67. The van der Waals surface area contributed by atoms with E-state index in [1.165, 1.54) is 0 Å². The number of pyridine rings is 1. The highest BCUT2D eigenvalue weighted by Crippen LogP contribution is 2.22. The van der Waals surface area contributed by atoms with E-state index in [0.717, 1.165) is 23.5 Å². The number of carbonyl (C=O) groups excluding carboxylic acids is 1. The SMILES string of the molecule is COc1cccc(C(C)N(C)C(=O)NCCCOc2cccnc2)c1. The summed E-state index contributed by atoms with van der Waals surface area (Å²) in [7, 11) is 3.42. The molecule has 0 aliphatic carbocycles. The van der Waals surface area contributed by atoms with Crippen molar-refractivity contribution in [2.45, 2.75) is 19.4 Å². The van der Waals surface area contributed by atoms with Crippen LogP contribution in [0, 0.1) is 0 Å². The van der Waals surface area contributed by atoms with Gasteiger partial charge in [0.25, 0.3) is 0 Å². The third-order valence-electron chi connectivity index (χ3n) is 3.98. The van der Waals surface area contributed by atoms with E-state index in [-0.39, 0.29) is 12.1 Å². The fourth-order valence-corrected chi connectivity index (χ4v) is 2.32. The van der Waals surface area contributed by atoms with Gasteiger partial charge in [0.1, 0.15) is 11.5 Å². The van der Waals surface area contributed by atoms with E-state index in [9.17, 15) is 4.79 Å². The number of carbonyl (C=O) groups is 1. The summed E-state index contributed by atoms with van der Waals surface area (Å²) in [5.74, 6) is 1.52. The van der Waals surface area contributed by atoms with E-state index >= 15 is 0 Å². The highest BCUT2D eigenvalue weighted by atomic mass is 16.5. The van der Waals surface area contributed by atoms with E-state index in [1.54, 1.807) is 31.5 Å². The van der Waals surface area contributed by atoms with Gasteiger partial charge >= 0.3 is 6.03 Å². The van der Waals surface area contributed by atoms with Gasteiger partial charge in [0.2, 0.25) is 0 Å². The highest BCUT2D eigenvalue weighted by Gasteiger charge is 2.17. The normalized spacial score (nSPS) is 11.5. The van der Waals surface area contributed by atoms with Crippen molar-refractivity contribution < 1.29 is 14.3 Å². The molecule has 134 valence electrons. The molecule has 0 saturated heterocycles. The van der Waals surface area contributed by atoms with E-state index < -0.39 is 0 Å². The summed E-state index contributed by atoms with van der Waals surface area (Å²) in [6.07, 6.45) is 4.09. The number of nitrogens with zero attached hydrogens (tertiary/aromatic N) is 2. The Hall–Kier alpha value is -2.76. The van der Waals surface area contributed by atoms with Crippen molar-refractivity contribution in [3.8, 4) is 11.5 Å². The summed E-state index contributed by atoms with van der Waals surface area (Å²) in [6.45, 7) is 3.06. The van der Waals surface area contributed by atoms with Crippen molar-refractivity contribution in [3.63, 3.8) is 0 Å². The molecule has 25 heavy (non-hydrogen) atoms. The minimum Gasteiger partial charge on any atom is -0.497 e. The van der Waals surface area contributed by atoms with Crippen molar-refractivity contribution in [1.29, 1.82) is 0 Å². The fourth-order valence-electron chi connectivity index (χ4n) is 2.32. The highest BCUT2D eigenvalue weighted by molar-refractivity contribution is 5.74. The van der Waals surface area contributed by atoms with Gasteiger partial charge in [-0.25, -0.2) is 4.79 Å². The van der Waals surface area contributed by atoms with E-state index in [0.29, 0.717) is 13.2 Å². The summed E-state index contributed by atoms with van der Waals surface area (Å²) in [4.78, 5) is 17.9. The third kappa shape index (κ3) is 5.67. The lowest BCUT2D eigenvalue weighted by atomic mass is 10.1. The standard InChI is InChI=1S/C19H25N3O3/c1-15(16-7-4-8-17(13-16)24-3)22(2)19(23)21-11-6-12-25-18-9-5-10-20-14-18/h4-5,7-10,13-15H,6,11-12H2,1-3H3,(H,21,23). The number of methoxy groups -OCH3 is 1. The molecule has 1 aromatic carbocycles. The first kappa shape index (κ1) is 18.6. The molecule has 1 N–H and O–H groups in total. The Kier molecular flexibility index (Phi) is 7.07. The first-order chi connectivity index (χ1) is 12.1. The summed E-state index contributed by atoms with van der Waals surface area (Å²) in [5.41, 5.74) is 1.02. The molecule has 0 bridgehead atoms. The van der Waals surface area contributed by atoms with Crippen LogP contribution in [0.15, 0.2) is 48.8 Å². The van der Waals surface area contributed by atoms with Crippen LogP contribution in [0.3, 0.4) is 0 Å². The molecule has 0 saturated carbocycles. The molecule has 6 heteroatoms. The lowest BCUT2D eigenvalue weighted by Crippen LogP contribution is -2.39. The fraction of sp³-hybridized carbons (Fsp3) is 0.368. The van der Waals surface area contributed by atoms with Crippen molar-refractivity contribution in [1.82, 2.24) is 15.2 Å². The second kappa shape index (κ2) is 9.52. The average molecular weight is 343 g/mol. The number of amides is 2. The number of aromatic nitrogens is 1. The van der Waals surface area contributed by atoms with Gasteiger partial charge in [-0.3, -0.25) is 4.98 Å². The number of hydrogen-bond acceptors (Lipinski definition) is 4. The van der Waals surface area contributed by atoms with Crippen molar-refractivity contribution >= 4 is 6.03 Å². The van der Waals surface area contributed by atoms with E-state index in [4.69, 9.17) is 9.47 Å². The third-order valence-corrected chi connectivity index (χ3v) is 3.98. The number of ether oxygens (including phenoxy) is 2. The summed E-state index contributed by atoms with van der Waals surface area (Å²) >= 11 is 0. The predicted molar refractivity (Wildman–Crippen MR) is 96.9 cm³/mol. The zero-order chi connectivity index (χ0) is 18.1. The van der Waals surface area contributed by atoms with Crippen LogP contribution in [0.1, 0.15) is 24.9 Å². The summed E-state index contributed by atoms with van der Waals surface area (Å²) in [5, 5.41) is 2.91. The van der Waals surface area contributed by atoms with Crippen LogP contribution in [0.5, 0.6) is 11.5 Å². The van der Waals surface area contributed by atoms with Crippen LogP contribution in [0.2, 0.25) is 0 Å². The second-order valence-electron chi connectivity index (χ2n) is 5.69. The van der Waals surface area contributed by atoms with Crippen LogP contribution < -0.4 is 14.8 Å². The van der Waals surface area contributed by atoms with Crippen LogP contribution in [-0.2, 0) is 0 Å². The van der Waals surface area contributed by atoms with Crippen LogP contribution in [-0.4, -0.2) is 43.2 Å². The first-order valence-electron chi connectivity index (χ1n) is 8.29. The molecule has 0 radical (unpaired) electrons. The molecular weight excluding hydrogens is 318 g/mol. The number of rotatable bonds is 8. The smallest absolute Gasteiger partial charge is 0.317 e. The number of urea groups is 1. The second-order valence-corrected chi connectivity index (χ2v) is 5.69. The molecule has 2 aromatic rings. The molecule has 0 fully saturated rings. The Morgan fingerprint density at radius 2 is 2.08 bits per heavy atom. The minimum absolute atomic E-state index is 0.0539. The first-order valence-corrected chi connectivity index (χ1v) is 8.29. The molecule has 1 heterocycles. The molecule has 6 nitrogen and oxygen atoms in total. The Morgan fingerprint density at radius 3 is 2.80 bits per heavy atom. The van der Waals surface area contributed by atoms with Gasteiger partial charge in [0.05, 0.1) is 26.0 Å². The van der Waals surface area contributed by atoms with Gasteiger partial charge in [-0.2, -0.15) is 0 Å². The van der Waals surface area contributed by atoms with Gasteiger partial charge < -0.3 is 19.7 Å². The maximum absolute atomic E-state index is 12.3. The quantitative estimate of drug-likeness (QED) is 0.747. The van der Waals surface area contributed by atoms with Crippen molar-refractivity contribution in [2.75, 3.05) is 27.3 Å². The van der Waals surface area contributed by atoms with Gasteiger partial charge in [-0.1, -0.05) is 12.1 Å². The van der Waals surface area contributed by atoms with Gasteiger partial charge in [0.15, 0.2) is 0 Å². The Morgan fingerprint density at radius 1 is 1.28 bits per heavy atom. The molecule has 1 aromatic heterocycles. The Balaban J connectivity index is 1.73. The largest absolute Gasteiger partial charge is 0.497 e. The number of benzene rings is 1. The molecule has 1 unspecified atom stereocenters. The molecule has 0 spiro atoms. The minimum atomic E-state index is -0.114. The molecule has 2 amide bonds. The van der Waals surface area contributed by atoms with Gasteiger partial charge in [-0.15, -0.1) is 0 Å². The zero-order valence-electron chi connectivity index (χ0n) is 14.9. The van der Waals surface area contributed by atoms with Crippen LogP contribution in [0.4, 0.5) is 4.79 Å². The zero-order valence-corrected chi connectivity index (χ0v) is 14.9. The predicted octanol–water partition coefficient (Wildman–Crippen LogP) is 3.26. The van der Waals surface area contributed by atoms with Crippen molar-refractivity contribution in [3.05, 3.63) is 54.4 Å². The lowest BCUT2D eigenvalue weighted by molar-refractivity contribution is 0.193. The Bertz CT molecular complexity index is 664. The molecule has 1 atom stereocenters. The summed E-state index contributed by atoms with van der Waals surface area (Å²) < 4.78 is 10.8. The molecule has 2 rings (SSSR count). The van der Waals surface area contributed by atoms with Gasteiger partial charge in [-0.05, 0) is 43.2 Å². The van der Waals surface area contributed by atoms with E-state index in [1.807, 2.05) is 43.3 Å². The topological polar surface area (TPSA) is 63.7 Å². The monoisotopic (exact) mass is 343 g/mol. The summed E-state index contributed by atoms with van der Waals surface area (Å²) in [6, 6.07) is 11.2. The number of hydrogen-bond donors (Lipinski definition) is 1. The van der Waals surface area contributed by atoms with E-state index in [2.05, 4.69) is 10.3 Å². The Labute approximate surface area is 148 Å². The molecular formula is C19H25N3O3. The number of nitrogens with one attached hydrogen (secondary N) is 1. The van der Waals surface area contributed by atoms with Gasteiger partial charge in [0, 0.05) is 19.8 Å². The van der Waals surface area contributed by atoms with Crippen LogP contribution in [0.25, 0.3) is 0 Å². The van der Waals surface area contributed by atoms with Crippen molar-refractivity contribution in [2.24, 2.45) is 0 Å². The maximum atomic E-state index is 12.3. The molecule has 0 aliphatic heterocycles. The lowest BCUT2D eigenvalue weighted by Gasteiger charge is -2.26. The maximum Gasteiger partial charge on any atom is 0.317 e. The van der Waals surface area contributed by atoms with Crippen LogP contribution >= 0.6 is 0 Å².